The molecule has 11 aromatic rings. The standard InChI is InChI=1S/C51H32N4S/c1-5-15-33(16-6-1)36-27-29-44-43(32-36)46-45(55(44)39-23-11-4-12-24-39)30-28-42-41-26-14-25-40(47(41)56-48(42)46)37-21-13-22-38(31-37)51-53-49(34-17-7-2-8-18-34)52-50(54-51)35-19-9-3-10-20-35/h1-32H. The van der Waals surface area contributed by atoms with E-state index in [1.165, 1.54) is 58.7 Å². The highest BCUT2D eigenvalue weighted by atomic mass is 32.1. The molecule has 3 aromatic heterocycles. The Morgan fingerprint density at radius 1 is 0.339 bits per heavy atom. The van der Waals surface area contributed by atoms with Gasteiger partial charge < -0.3 is 4.57 Å². The molecule has 0 amide bonds. The minimum atomic E-state index is 0.646. The molecular formula is C51H32N4S. The van der Waals surface area contributed by atoms with Gasteiger partial charge in [0, 0.05) is 53.3 Å². The van der Waals surface area contributed by atoms with Crippen molar-refractivity contribution in [3.05, 3.63) is 194 Å². The van der Waals surface area contributed by atoms with Crippen LogP contribution in [0, 0.1) is 0 Å². The molecule has 0 spiro atoms. The lowest BCUT2D eigenvalue weighted by Crippen LogP contribution is -2.00. The fourth-order valence-corrected chi connectivity index (χ4v) is 9.41. The summed E-state index contributed by atoms with van der Waals surface area (Å²) < 4.78 is 4.97. The number of fused-ring (bicyclic) bond motifs is 7. The van der Waals surface area contributed by atoms with Crippen molar-refractivity contribution in [2.75, 3.05) is 0 Å². The van der Waals surface area contributed by atoms with Crippen molar-refractivity contribution in [2.24, 2.45) is 0 Å². The highest BCUT2D eigenvalue weighted by Crippen LogP contribution is 2.46. The Kier molecular flexibility index (Phi) is 7.64. The lowest BCUT2D eigenvalue weighted by molar-refractivity contribution is 1.07. The maximum absolute atomic E-state index is 5.03. The molecule has 8 aromatic carbocycles. The molecule has 0 bridgehead atoms. The molecule has 5 heteroatoms. The Morgan fingerprint density at radius 3 is 1.55 bits per heavy atom. The maximum atomic E-state index is 5.03. The zero-order valence-corrected chi connectivity index (χ0v) is 31.0. The van der Waals surface area contributed by atoms with Crippen molar-refractivity contribution in [3.8, 4) is 62.1 Å². The largest absolute Gasteiger partial charge is 0.309 e. The van der Waals surface area contributed by atoms with E-state index in [1.54, 1.807) is 0 Å². The van der Waals surface area contributed by atoms with Gasteiger partial charge >= 0.3 is 0 Å². The van der Waals surface area contributed by atoms with Crippen LogP contribution in [0.15, 0.2) is 194 Å². The summed E-state index contributed by atoms with van der Waals surface area (Å²) in [5.74, 6) is 1.95. The van der Waals surface area contributed by atoms with Gasteiger partial charge in [-0.15, -0.1) is 11.3 Å². The van der Waals surface area contributed by atoms with Crippen molar-refractivity contribution in [2.45, 2.75) is 0 Å². The second kappa shape index (κ2) is 13.3. The van der Waals surface area contributed by atoms with E-state index in [-0.39, 0.29) is 0 Å². The lowest BCUT2D eigenvalue weighted by Gasteiger charge is -2.10. The van der Waals surface area contributed by atoms with Crippen LogP contribution < -0.4 is 0 Å². The van der Waals surface area contributed by atoms with Gasteiger partial charge in [0.1, 0.15) is 0 Å². The van der Waals surface area contributed by atoms with Gasteiger partial charge in [0.15, 0.2) is 17.5 Å². The highest BCUT2D eigenvalue weighted by molar-refractivity contribution is 7.27. The van der Waals surface area contributed by atoms with Gasteiger partial charge in [0.05, 0.1) is 11.0 Å². The van der Waals surface area contributed by atoms with E-state index in [2.05, 4.69) is 138 Å². The average molecular weight is 733 g/mol. The molecule has 3 heterocycles. The van der Waals surface area contributed by atoms with Crippen molar-refractivity contribution in [3.63, 3.8) is 0 Å². The molecule has 0 radical (unpaired) electrons. The highest BCUT2D eigenvalue weighted by Gasteiger charge is 2.20. The van der Waals surface area contributed by atoms with Crippen LogP contribution in [0.4, 0.5) is 0 Å². The molecule has 0 N–H and O–H groups in total. The van der Waals surface area contributed by atoms with Gasteiger partial charge in [-0.3, -0.25) is 0 Å². The van der Waals surface area contributed by atoms with Crippen LogP contribution in [-0.2, 0) is 0 Å². The number of rotatable bonds is 6. The summed E-state index contributed by atoms with van der Waals surface area (Å²) in [5.41, 5.74) is 11.2. The molecule has 0 aliphatic rings. The molecule has 0 aliphatic carbocycles. The molecule has 56 heavy (non-hydrogen) atoms. The summed E-state index contributed by atoms with van der Waals surface area (Å²) in [6, 6.07) is 68.5. The predicted octanol–water partition coefficient (Wildman–Crippen LogP) is 13.7. The van der Waals surface area contributed by atoms with Crippen LogP contribution in [0.5, 0.6) is 0 Å². The number of benzene rings is 8. The summed E-state index contributed by atoms with van der Waals surface area (Å²) >= 11 is 1.88. The number of nitrogens with zero attached hydrogens (tertiary/aromatic N) is 4. The van der Waals surface area contributed by atoms with Gasteiger partial charge in [-0.1, -0.05) is 158 Å². The Balaban J connectivity index is 1.11. The normalized spacial score (nSPS) is 11.6. The third-order valence-electron chi connectivity index (χ3n) is 10.6. The van der Waals surface area contributed by atoms with Crippen LogP contribution in [0.3, 0.4) is 0 Å². The number of hydrogen-bond donors (Lipinski definition) is 0. The fourth-order valence-electron chi connectivity index (χ4n) is 8.02. The van der Waals surface area contributed by atoms with E-state index >= 15 is 0 Å². The molecule has 0 unspecified atom stereocenters. The monoisotopic (exact) mass is 732 g/mol. The van der Waals surface area contributed by atoms with Crippen molar-refractivity contribution >= 4 is 53.3 Å². The van der Waals surface area contributed by atoms with Crippen LogP contribution in [0.2, 0.25) is 0 Å². The minimum absolute atomic E-state index is 0.646. The summed E-state index contributed by atoms with van der Waals surface area (Å²) in [6.07, 6.45) is 0. The molecule has 0 saturated carbocycles. The second-order valence-electron chi connectivity index (χ2n) is 14.0. The Labute approximate surface area is 327 Å². The Morgan fingerprint density at radius 2 is 0.875 bits per heavy atom. The van der Waals surface area contributed by atoms with Crippen molar-refractivity contribution in [1.29, 1.82) is 0 Å². The minimum Gasteiger partial charge on any atom is -0.309 e. The van der Waals surface area contributed by atoms with Crippen LogP contribution >= 0.6 is 11.3 Å². The Bertz CT molecular complexity index is 3170. The van der Waals surface area contributed by atoms with E-state index in [4.69, 9.17) is 15.0 Å². The Hall–Kier alpha value is -7.21. The summed E-state index contributed by atoms with van der Waals surface area (Å²) in [7, 11) is 0. The molecule has 0 atom stereocenters. The van der Waals surface area contributed by atoms with E-state index < -0.39 is 0 Å². The van der Waals surface area contributed by atoms with Crippen molar-refractivity contribution < 1.29 is 0 Å². The number of aromatic nitrogens is 4. The van der Waals surface area contributed by atoms with Crippen LogP contribution in [0.25, 0.3) is 104 Å². The molecular weight excluding hydrogens is 701 g/mol. The predicted molar refractivity (Wildman–Crippen MR) is 234 cm³/mol. The summed E-state index contributed by atoms with van der Waals surface area (Å²) in [4.78, 5) is 15.0. The zero-order valence-electron chi connectivity index (χ0n) is 30.2. The van der Waals surface area contributed by atoms with Gasteiger partial charge in [-0.05, 0) is 58.7 Å². The third-order valence-corrected chi connectivity index (χ3v) is 11.9. The van der Waals surface area contributed by atoms with Crippen LogP contribution in [-0.4, -0.2) is 19.5 Å². The SMILES string of the molecule is c1ccc(-c2ccc3c(c2)c2c4sc5c(-c6cccc(-c7nc(-c8ccccc8)nc(-c8ccccc8)n7)c6)cccc5c4ccc2n3-c2ccccc2)cc1. The first-order valence-corrected chi connectivity index (χ1v) is 19.6. The second-order valence-corrected chi connectivity index (χ2v) is 15.0. The first kappa shape index (κ1) is 32.2. The quantitative estimate of drug-likeness (QED) is 0.171. The first-order chi connectivity index (χ1) is 27.8. The van der Waals surface area contributed by atoms with E-state index in [0.717, 1.165) is 27.9 Å². The van der Waals surface area contributed by atoms with Gasteiger partial charge in [-0.2, -0.15) is 0 Å². The van der Waals surface area contributed by atoms with E-state index in [1.807, 2.05) is 72.0 Å². The van der Waals surface area contributed by atoms with Gasteiger partial charge in [-0.25, -0.2) is 15.0 Å². The molecule has 11 rings (SSSR count). The molecule has 4 nitrogen and oxygen atoms in total. The fraction of sp³-hybridized carbons (Fsp3) is 0. The van der Waals surface area contributed by atoms with Gasteiger partial charge in [0.25, 0.3) is 0 Å². The van der Waals surface area contributed by atoms with Crippen LogP contribution in [0.1, 0.15) is 0 Å². The molecule has 0 saturated heterocycles. The van der Waals surface area contributed by atoms with E-state index in [9.17, 15) is 0 Å². The van der Waals surface area contributed by atoms with E-state index in [0.29, 0.717) is 17.5 Å². The molecule has 0 aliphatic heterocycles. The number of thiophene rings is 1. The number of para-hydroxylation sites is 1. The molecule has 0 fully saturated rings. The maximum Gasteiger partial charge on any atom is 0.164 e. The molecule has 262 valence electrons. The topological polar surface area (TPSA) is 43.6 Å². The zero-order chi connectivity index (χ0) is 37.0. The average Bonchev–Trinajstić information content (AvgIpc) is 3.83. The summed E-state index contributed by atoms with van der Waals surface area (Å²) in [6.45, 7) is 0. The number of hydrogen-bond acceptors (Lipinski definition) is 4. The van der Waals surface area contributed by atoms with Crippen molar-refractivity contribution in [1.82, 2.24) is 19.5 Å². The third kappa shape index (κ3) is 5.40. The first-order valence-electron chi connectivity index (χ1n) is 18.8. The van der Waals surface area contributed by atoms with Gasteiger partial charge in [0.2, 0.25) is 0 Å². The lowest BCUT2D eigenvalue weighted by atomic mass is 9.99. The summed E-state index contributed by atoms with van der Waals surface area (Å²) in [5, 5.41) is 5.06. The smallest absolute Gasteiger partial charge is 0.164 e.